The first-order valence-electron chi connectivity index (χ1n) is 8.21. The largest absolute Gasteiger partial charge is 0.422 e. The van der Waals surface area contributed by atoms with Crippen molar-refractivity contribution >= 4 is 23.4 Å². The number of benzene rings is 1. The molecule has 0 spiro atoms. The van der Waals surface area contributed by atoms with Crippen LogP contribution in [-0.4, -0.2) is 20.7 Å². The van der Waals surface area contributed by atoms with Crippen LogP contribution in [0.25, 0.3) is 0 Å². The molecule has 0 saturated heterocycles. The number of hydrazine groups is 1. The van der Waals surface area contributed by atoms with Gasteiger partial charge >= 0.3 is 0 Å². The standard InChI is InChI=1S/C18H17ClN6O2/c1-11(2)17-22-15(7-20)18(27-17)24-23-16(26)13-8-21-25(10-13)9-12-5-3-4-6-14(12)19/h3-6,8,10-11,24H,9H2,1-2H3,(H,23,26). The van der Waals surface area contributed by atoms with Gasteiger partial charge in [0.05, 0.1) is 18.3 Å². The molecule has 2 N–H and O–H groups in total. The summed E-state index contributed by atoms with van der Waals surface area (Å²) in [6.45, 7) is 4.23. The van der Waals surface area contributed by atoms with Crippen molar-refractivity contribution in [2.24, 2.45) is 0 Å². The highest BCUT2D eigenvalue weighted by atomic mass is 35.5. The minimum absolute atomic E-state index is 0.0198. The summed E-state index contributed by atoms with van der Waals surface area (Å²) in [5.74, 6) is 0.104. The van der Waals surface area contributed by atoms with Crippen LogP contribution in [0.5, 0.6) is 0 Å². The van der Waals surface area contributed by atoms with Crippen LogP contribution in [0.3, 0.4) is 0 Å². The van der Waals surface area contributed by atoms with Gasteiger partial charge in [-0.3, -0.25) is 20.3 Å². The van der Waals surface area contributed by atoms with Crippen molar-refractivity contribution in [1.82, 2.24) is 20.2 Å². The second-order valence-corrected chi connectivity index (χ2v) is 6.50. The van der Waals surface area contributed by atoms with Gasteiger partial charge in [0.1, 0.15) is 6.07 Å². The predicted octanol–water partition coefficient (Wildman–Crippen LogP) is 3.32. The average molecular weight is 385 g/mol. The summed E-state index contributed by atoms with van der Waals surface area (Å²) in [6, 6.07) is 9.35. The van der Waals surface area contributed by atoms with E-state index >= 15 is 0 Å². The van der Waals surface area contributed by atoms with Crippen molar-refractivity contribution in [3.63, 3.8) is 0 Å². The van der Waals surface area contributed by atoms with E-state index in [0.717, 1.165) is 5.56 Å². The number of rotatable bonds is 6. The lowest BCUT2D eigenvalue weighted by Gasteiger charge is -2.05. The third-order valence-electron chi connectivity index (χ3n) is 3.72. The lowest BCUT2D eigenvalue weighted by Crippen LogP contribution is -2.29. The Morgan fingerprint density at radius 1 is 1.41 bits per heavy atom. The summed E-state index contributed by atoms with van der Waals surface area (Å²) in [5, 5.41) is 13.9. The fourth-order valence-electron chi connectivity index (χ4n) is 2.30. The molecular weight excluding hydrogens is 368 g/mol. The summed E-state index contributed by atoms with van der Waals surface area (Å²) >= 11 is 6.14. The normalized spacial score (nSPS) is 10.6. The molecule has 0 radical (unpaired) electrons. The second-order valence-electron chi connectivity index (χ2n) is 6.09. The number of carbonyl (C=O) groups is 1. The van der Waals surface area contributed by atoms with Gasteiger partial charge in [0.15, 0.2) is 0 Å². The van der Waals surface area contributed by atoms with Crippen molar-refractivity contribution in [2.75, 3.05) is 5.43 Å². The molecule has 9 heteroatoms. The number of nitrogens with zero attached hydrogens (tertiary/aromatic N) is 4. The molecule has 3 rings (SSSR count). The zero-order valence-electron chi connectivity index (χ0n) is 14.7. The molecule has 0 aliphatic carbocycles. The van der Waals surface area contributed by atoms with Gasteiger partial charge in [-0.2, -0.15) is 10.4 Å². The maximum absolute atomic E-state index is 12.3. The van der Waals surface area contributed by atoms with Crippen LogP contribution in [0.2, 0.25) is 5.02 Å². The third kappa shape index (κ3) is 4.27. The Kier molecular flexibility index (Phi) is 5.43. The maximum Gasteiger partial charge on any atom is 0.272 e. The third-order valence-corrected chi connectivity index (χ3v) is 4.09. The molecule has 2 heterocycles. The van der Waals surface area contributed by atoms with Gasteiger partial charge in [-0.15, -0.1) is 0 Å². The zero-order valence-corrected chi connectivity index (χ0v) is 15.5. The molecule has 1 aromatic carbocycles. The van der Waals surface area contributed by atoms with Gasteiger partial charge in [-0.1, -0.05) is 43.6 Å². The average Bonchev–Trinajstić information content (AvgIpc) is 3.28. The van der Waals surface area contributed by atoms with E-state index in [-0.39, 0.29) is 17.5 Å². The van der Waals surface area contributed by atoms with E-state index in [1.54, 1.807) is 16.9 Å². The van der Waals surface area contributed by atoms with Crippen LogP contribution in [0.1, 0.15) is 47.3 Å². The highest BCUT2D eigenvalue weighted by Crippen LogP contribution is 2.21. The van der Waals surface area contributed by atoms with E-state index in [1.165, 1.54) is 6.20 Å². The molecule has 138 valence electrons. The molecule has 2 aromatic heterocycles. The van der Waals surface area contributed by atoms with Crippen LogP contribution in [0.15, 0.2) is 41.1 Å². The predicted molar refractivity (Wildman–Crippen MR) is 99.2 cm³/mol. The summed E-state index contributed by atoms with van der Waals surface area (Å²) in [6.07, 6.45) is 3.05. The molecule has 27 heavy (non-hydrogen) atoms. The first-order valence-corrected chi connectivity index (χ1v) is 8.58. The molecule has 1 amide bonds. The molecule has 0 unspecified atom stereocenters. The fraction of sp³-hybridized carbons (Fsp3) is 0.222. The van der Waals surface area contributed by atoms with Crippen molar-refractivity contribution in [3.05, 3.63) is 64.4 Å². The molecule has 0 bridgehead atoms. The molecular formula is C18H17ClN6O2. The Hall–Kier alpha value is -3.31. The van der Waals surface area contributed by atoms with Gasteiger partial charge in [-0.05, 0) is 11.6 Å². The Morgan fingerprint density at radius 3 is 2.89 bits per heavy atom. The molecule has 3 aromatic rings. The Morgan fingerprint density at radius 2 is 2.19 bits per heavy atom. The van der Waals surface area contributed by atoms with Gasteiger partial charge < -0.3 is 4.42 Å². The zero-order chi connectivity index (χ0) is 19.4. The van der Waals surface area contributed by atoms with Crippen LogP contribution in [0.4, 0.5) is 5.88 Å². The highest BCUT2D eigenvalue weighted by Gasteiger charge is 2.16. The van der Waals surface area contributed by atoms with E-state index in [1.807, 2.05) is 38.1 Å². The maximum atomic E-state index is 12.3. The number of oxazole rings is 1. The Labute approximate surface area is 160 Å². The number of hydrogen-bond donors (Lipinski definition) is 2. The number of carbonyl (C=O) groups excluding carboxylic acids is 1. The molecule has 0 saturated carbocycles. The molecule has 0 aliphatic rings. The quantitative estimate of drug-likeness (QED) is 0.631. The van der Waals surface area contributed by atoms with Crippen LogP contribution in [-0.2, 0) is 6.54 Å². The van der Waals surface area contributed by atoms with Crippen molar-refractivity contribution in [3.8, 4) is 6.07 Å². The summed E-state index contributed by atoms with van der Waals surface area (Å²) < 4.78 is 7.07. The Balaban J connectivity index is 1.65. The van der Waals surface area contributed by atoms with Crippen molar-refractivity contribution < 1.29 is 9.21 Å². The fourth-order valence-corrected chi connectivity index (χ4v) is 2.49. The molecule has 8 nitrogen and oxygen atoms in total. The van der Waals surface area contributed by atoms with E-state index in [2.05, 4.69) is 20.9 Å². The Bertz CT molecular complexity index is 1000. The number of hydrogen-bond acceptors (Lipinski definition) is 6. The first kappa shape index (κ1) is 18.5. The summed E-state index contributed by atoms with van der Waals surface area (Å²) in [4.78, 5) is 16.4. The van der Waals surface area contributed by atoms with Gasteiger partial charge in [0.2, 0.25) is 11.6 Å². The van der Waals surface area contributed by atoms with Crippen LogP contribution < -0.4 is 10.9 Å². The SMILES string of the molecule is CC(C)c1nc(C#N)c(NNC(=O)c2cnn(Cc3ccccc3Cl)c2)o1. The number of nitrogens with one attached hydrogen (secondary N) is 2. The number of aromatic nitrogens is 3. The lowest BCUT2D eigenvalue weighted by atomic mass is 10.2. The minimum atomic E-state index is -0.424. The van der Waals surface area contributed by atoms with Crippen LogP contribution >= 0.6 is 11.6 Å². The monoisotopic (exact) mass is 384 g/mol. The highest BCUT2D eigenvalue weighted by molar-refractivity contribution is 6.31. The second kappa shape index (κ2) is 7.93. The smallest absolute Gasteiger partial charge is 0.272 e. The minimum Gasteiger partial charge on any atom is -0.422 e. The number of anilines is 1. The number of nitriles is 1. The number of halogens is 1. The van der Waals surface area contributed by atoms with Gasteiger partial charge in [-0.25, -0.2) is 4.98 Å². The van der Waals surface area contributed by atoms with E-state index in [9.17, 15) is 4.79 Å². The van der Waals surface area contributed by atoms with Crippen molar-refractivity contribution in [2.45, 2.75) is 26.3 Å². The van der Waals surface area contributed by atoms with E-state index in [0.29, 0.717) is 23.0 Å². The lowest BCUT2D eigenvalue weighted by molar-refractivity contribution is 0.0961. The van der Waals surface area contributed by atoms with Gasteiger partial charge in [0.25, 0.3) is 11.8 Å². The van der Waals surface area contributed by atoms with E-state index < -0.39 is 5.91 Å². The molecule has 0 fully saturated rings. The van der Waals surface area contributed by atoms with Crippen molar-refractivity contribution in [1.29, 1.82) is 5.26 Å². The summed E-state index contributed by atoms with van der Waals surface area (Å²) in [7, 11) is 0. The summed E-state index contributed by atoms with van der Waals surface area (Å²) in [5.41, 5.74) is 6.39. The van der Waals surface area contributed by atoms with Crippen LogP contribution in [0, 0.1) is 11.3 Å². The number of amides is 1. The van der Waals surface area contributed by atoms with E-state index in [4.69, 9.17) is 21.3 Å². The topological polar surface area (TPSA) is 109 Å². The first-order chi connectivity index (χ1) is 13.0. The molecule has 0 atom stereocenters. The molecule has 0 aliphatic heterocycles. The van der Waals surface area contributed by atoms with Gasteiger partial charge in [0, 0.05) is 17.1 Å².